The van der Waals surface area contributed by atoms with E-state index in [1.54, 1.807) is 11.0 Å². The second kappa shape index (κ2) is 14.0. The Bertz CT molecular complexity index is 1460. The number of aryl methyl sites for hydroxylation is 2. The van der Waals surface area contributed by atoms with Gasteiger partial charge in [0.25, 0.3) is 0 Å². The molecule has 1 atom stereocenters. The molecule has 0 radical (unpaired) electrons. The molecule has 0 heterocycles. The number of carbonyl (C=O) groups is 2. The summed E-state index contributed by atoms with van der Waals surface area (Å²) in [6.07, 6.45) is 4.26. The van der Waals surface area contributed by atoms with Crippen molar-refractivity contribution in [2.75, 3.05) is 24.9 Å². The standard InChI is InChI=1S/C33H42N4O4S/c1-25-19-20-26(2)30(21-25)37(42(40,41)35(3)4)24-32(38)36(23-28-15-9-6-10-16-28)31(22-27-13-7-5-8-14-27)33(39)34-29-17-11-12-18-29/h5-10,13-16,19-21,29,31H,11-12,17-18,22-24H2,1-4H3,(H,34,39). The second-order valence-electron chi connectivity index (χ2n) is 11.3. The Balaban J connectivity index is 1.76. The van der Waals surface area contributed by atoms with Crippen LogP contribution in [-0.2, 0) is 32.8 Å². The van der Waals surface area contributed by atoms with Gasteiger partial charge in [-0.3, -0.25) is 9.59 Å². The summed E-state index contributed by atoms with van der Waals surface area (Å²) < 4.78 is 29.5. The summed E-state index contributed by atoms with van der Waals surface area (Å²) in [6.45, 7) is 3.43. The fraction of sp³-hybridized carbons (Fsp3) is 0.394. The van der Waals surface area contributed by atoms with Crippen molar-refractivity contribution in [2.45, 2.75) is 64.6 Å². The van der Waals surface area contributed by atoms with Gasteiger partial charge < -0.3 is 10.2 Å². The van der Waals surface area contributed by atoms with Gasteiger partial charge in [-0.1, -0.05) is 85.6 Å². The number of nitrogens with zero attached hydrogens (tertiary/aromatic N) is 3. The molecule has 1 aliphatic rings. The van der Waals surface area contributed by atoms with Crippen molar-refractivity contribution >= 4 is 27.7 Å². The third-order valence-corrected chi connectivity index (χ3v) is 9.63. The molecule has 1 saturated carbocycles. The molecular weight excluding hydrogens is 548 g/mol. The maximum Gasteiger partial charge on any atom is 0.304 e. The molecule has 3 aromatic carbocycles. The molecule has 1 unspecified atom stereocenters. The minimum atomic E-state index is -4.04. The molecule has 0 aromatic heterocycles. The fourth-order valence-electron chi connectivity index (χ4n) is 5.39. The molecular formula is C33H42N4O4S. The summed E-state index contributed by atoms with van der Waals surface area (Å²) in [4.78, 5) is 29.9. The van der Waals surface area contributed by atoms with Gasteiger partial charge in [0.2, 0.25) is 11.8 Å². The van der Waals surface area contributed by atoms with Crippen LogP contribution in [0.4, 0.5) is 5.69 Å². The lowest BCUT2D eigenvalue weighted by atomic mass is 10.0. The summed E-state index contributed by atoms with van der Waals surface area (Å²) in [6, 6.07) is 23.9. The fourth-order valence-corrected chi connectivity index (χ4v) is 6.50. The SMILES string of the molecule is Cc1ccc(C)c(N(CC(=O)N(Cc2ccccc2)C(Cc2ccccc2)C(=O)NC2CCCC2)S(=O)(=O)N(C)C)c1. The van der Waals surface area contributed by atoms with Gasteiger partial charge in [0, 0.05) is 33.1 Å². The third kappa shape index (κ3) is 7.77. The molecule has 1 aliphatic carbocycles. The summed E-state index contributed by atoms with van der Waals surface area (Å²) in [5.41, 5.74) is 3.81. The molecule has 0 spiro atoms. The topological polar surface area (TPSA) is 90.0 Å². The Morgan fingerprint density at radius 3 is 2.07 bits per heavy atom. The third-order valence-electron chi connectivity index (χ3n) is 7.82. The lowest BCUT2D eigenvalue weighted by Crippen LogP contribution is -2.55. The van der Waals surface area contributed by atoms with Crippen molar-refractivity contribution < 1.29 is 18.0 Å². The van der Waals surface area contributed by atoms with Crippen LogP contribution in [0.25, 0.3) is 0 Å². The van der Waals surface area contributed by atoms with E-state index in [0.29, 0.717) is 12.1 Å². The Labute approximate surface area is 250 Å². The number of amides is 2. The molecule has 4 rings (SSSR count). The molecule has 42 heavy (non-hydrogen) atoms. The number of carbonyl (C=O) groups excluding carboxylic acids is 2. The van der Waals surface area contributed by atoms with Crippen LogP contribution in [0, 0.1) is 13.8 Å². The zero-order chi connectivity index (χ0) is 30.3. The molecule has 8 nitrogen and oxygen atoms in total. The van der Waals surface area contributed by atoms with Crippen LogP contribution in [-0.4, -0.2) is 62.2 Å². The minimum absolute atomic E-state index is 0.0741. The van der Waals surface area contributed by atoms with Gasteiger partial charge in [-0.15, -0.1) is 0 Å². The van der Waals surface area contributed by atoms with E-state index in [1.165, 1.54) is 14.1 Å². The van der Waals surface area contributed by atoms with Crippen molar-refractivity contribution in [3.8, 4) is 0 Å². The summed E-state index contributed by atoms with van der Waals surface area (Å²) in [5.74, 6) is -0.670. The van der Waals surface area contributed by atoms with Crippen molar-refractivity contribution in [3.63, 3.8) is 0 Å². The highest BCUT2D eigenvalue weighted by molar-refractivity contribution is 7.90. The first kappa shape index (κ1) is 31.3. The highest BCUT2D eigenvalue weighted by Gasteiger charge is 2.36. The van der Waals surface area contributed by atoms with Gasteiger partial charge >= 0.3 is 10.2 Å². The predicted octanol–water partition coefficient (Wildman–Crippen LogP) is 4.62. The largest absolute Gasteiger partial charge is 0.352 e. The lowest BCUT2D eigenvalue weighted by molar-refractivity contribution is -0.140. The Kier molecular flexibility index (Phi) is 10.4. The van der Waals surface area contributed by atoms with E-state index in [-0.39, 0.29) is 18.5 Å². The number of benzene rings is 3. The van der Waals surface area contributed by atoms with Gasteiger partial charge in [-0.05, 0) is 55.0 Å². The predicted molar refractivity (Wildman–Crippen MR) is 167 cm³/mol. The van der Waals surface area contributed by atoms with Crippen molar-refractivity contribution in [1.82, 2.24) is 14.5 Å². The normalized spacial score (nSPS) is 14.5. The van der Waals surface area contributed by atoms with Crippen LogP contribution in [0.2, 0.25) is 0 Å². The smallest absolute Gasteiger partial charge is 0.304 e. The first-order chi connectivity index (χ1) is 20.1. The Morgan fingerprint density at radius 1 is 0.881 bits per heavy atom. The first-order valence-corrected chi connectivity index (χ1v) is 15.9. The van der Waals surface area contributed by atoms with Gasteiger partial charge in [0.05, 0.1) is 5.69 Å². The van der Waals surface area contributed by atoms with Crippen molar-refractivity contribution in [2.24, 2.45) is 0 Å². The molecule has 1 N–H and O–H groups in total. The lowest BCUT2D eigenvalue weighted by Gasteiger charge is -2.35. The van der Waals surface area contributed by atoms with Crippen molar-refractivity contribution in [3.05, 3.63) is 101 Å². The van der Waals surface area contributed by atoms with E-state index in [0.717, 1.165) is 56.5 Å². The van der Waals surface area contributed by atoms with Crippen LogP contribution in [0.1, 0.15) is 47.9 Å². The number of hydrogen-bond donors (Lipinski definition) is 1. The summed E-state index contributed by atoms with van der Waals surface area (Å²) in [7, 11) is -1.13. The number of nitrogens with one attached hydrogen (secondary N) is 1. The zero-order valence-corrected chi connectivity index (χ0v) is 25.8. The van der Waals surface area contributed by atoms with E-state index in [4.69, 9.17) is 0 Å². The van der Waals surface area contributed by atoms with Crippen LogP contribution in [0.5, 0.6) is 0 Å². The van der Waals surface area contributed by atoms with E-state index < -0.39 is 28.7 Å². The van der Waals surface area contributed by atoms with Gasteiger partial charge in [0.1, 0.15) is 12.6 Å². The quantitative estimate of drug-likeness (QED) is 0.334. The van der Waals surface area contributed by atoms with Crippen LogP contribution in [0.3, 0.4) is 0 Å². The summed E-state index contributed by atoms with van der Waals surface area (Å²) in [5, 5.41) is 3.20. The van der Waals surface area contributed by atoms with Crippen LogP contribution < -0.4 is 9.62 Å². The van der Waals surface area contributed by atoms with E-state index in [1.807, 2.05) is 86.6 Å². The average Bonchev–Trinajstić information content (AvgIpc) is 3.49. The van der Waals surface area contributed by atoms with Gasteiger partial charge in [0.15, 0.2) is 0 Å². The first-order valence-electron chi connectivity index (χ1n) is 14.5. The molecule has 0 saturated heterocycles. The number of hydrogen-bond acceptors (Lipinski definition) is 4. The highest BCUT2D eigenvalue weighted by atomic mass is 32.2. The molecule has 2 amide bonds. The zero-order valence-electron chi connectivity index (χ0n) is 25.0. The average molecular weight is 591 g/mol. The van der Waals surface area contributed by atoms with E-state index in [9.17, 15) is 18.0 Å². The number of anilines is 1. The summed E-state index contributed by atoms with van der Waals surface area (Å²) >= 11 is 0. The maximum atomic E-state index is 14.4. The van der Waals surface area contributed by atoms with E-state index >= 15 is 0 Å². The molecule has 9 heteroatoms. The molecule has 0 bridgehead atoms. The van der Waals surface area contributed by atoms with Crippen molar-refractivity contribution in [1.29, 1.82) is 0 Å². The molecule has 3 aromatic rings. The molecule has 224 valence electrons. The number of rotatable bonds is 12. The monoisotopic (exact) mass is 590 g/mol. The van der Waals surface area contributed by atoms with E-state index in [2.05, 4.69) is 5.32 Å². The van der Waals surface area contributed by atoms with Gasteiger partial charge in [-0.25, -0.2) is 4.31 Å². The maximum absolute atomic E-state index is 14.4. The highest BCUT2D eigenvalue weighted by Crippen LogP contribution is 2.26. The Hall–Kier alpha value is -3.69. The Morgan fingerprint density at radius 2 is 1.48 bits per heavy atom. The van der Waals surface area contributed by atoms with Gasteiger partial charge in [-0.2, -0.15) is 12.7 Å². The molecule has 0 aliphatic heterocycles. The molecule has 1 fully saturated rings. The van der Waals surface area contributed by atoms with Crippen LogP contribution >= 0.6 is 0 Å². The van der Waals surface area contributed by atoms with Crippen LogP contribution in [0.15, 0.2) is 78.9 Å². The second-order valence-corrected chi connectivity index (χ2v) is 13.4. The minimum Gasteiger partial charge on any atom is -0.352 e.